The summed E-state index contributed by atoms with van der Waals surface area (Å²) in [6, 6.07) is 7.86. The Morgan fingerprint density at radius 3 is 2.48 bits per heavy atom. The zero-order valence-corrected chi connectivity index (χ0v) is 18.8. The number of ether oxygens (including phenoxy) is 1. The number of benzene rings is 2. The lowest BCUT2D eigenvalue weighted by Gasteiger charge is -2.30. The molecule has 2 aromatic carbocycles. The van der Waals surface area contributed by atoms with Gasteiger partial charge in [-0.05, 0) is 75.4 Å². The first-order chi connectivity index (χ1) is 15.5. The first-order valence-electron chi connectivity index (χ1n) is 11.0. The normalized spacial score (nSPS) is 19.1. The molecule has 2 atom stereocenters. The van der Waals surface area contributed by atoms with Crippen LogP contribution in [0.15, 0.2) is 39.5 Å². The highest BCUT2D eigenvalue weighted by atomic mass is 19.4. The topological polar surface area (TPSA) is 64.1 Å². The summed E-state index contributed by atoms with van der Waals surface area (Å²) in [5.74, 6) is -2.48. The molecule has 0 bridgehead atoms. The molecular formula is C25H27F3NO4+. The maximum absolute atomic E-state index is 14.0. The maximum Gasteiger partial charge on any atom is 0.453 e. The number of phenolic OH excluding ortho intramolecular Hbond substituents is 1. The van der Waals surface area contributed by atoms with E-state index >= 15 is 0 Å². The fourth-order valence-corrected chi connectivity index (χ4v) is 4.59. The third kappa shape index (κ3) is 4.71. The van der Waals surface area contributed by atoms with E-state index in [1.165, 1.54) is 12.1 Å². The van der Waals surface area contributed by atoms with E-state index < -0.39 is 23.1 Å². The number of piperidine rings is 1. The quantitative estimate of drug-likeness (QED) is 0.580. The lowest BCUT2D eigenvalue weighted by atomic mass is 10.0. The number of hydrogen-bond donors (Lipinski definition) is 2. The highest BCUT2D eigenvalue weighted by Crippen LogP contribution is 2.40. The summed E-state index contributed by atoms with van der Waals surface area (Å²) in [5, 5.41) is 10.4. The van der Waals surface area contributed by atoms with Gasteiger partial charge in [-0.3, -0.25) is 4.79 Å². The van der Waals surface area contributed by atoms with Crippen molar-refractivity contribution in [3.63, 3.8) is 0 Å². The SMILES string of the molecule is Cc1cc(C)cc(Oc2c(C(F)(F)F)oc3c(C[NH+]4CCCC[C@@H]4C)c(O)ccc3c2=O)c1. The number of nitrogens with one attached hydrogen (secondary N) is 1. The van der Waals surface area contributed by atoms with Crippen LogP contribution in [-0.2, 0) is 12.7 Å². The number of likely N-dealkylation sites (tertiary alicyclic amines) is 1. The number of rotatable bonds is 4. The van der Waals surface area contributed by atoms with E-state index in [2.05, 4.69) is 6.92 Å². The highest BCUT2D eigenvalue weighted by Gasteiger charge is 2.41. The summed E-state index contributed by atoms with van der Waals surface area (Å²) in [6.45, 7) is 6.74. The van der Waals surface area contributed by atoms with Crippen LogP contribution in [0.5, 0.6) is 17.2 Å². The predicted octanol–water partition coefficient (Wildman–Crippen LogP) is 4.88. The monoisotopic (exact) mass is 462 g/mol. The number of alkyl halides is 3. The first kappa shape index (κ1) is 23.2. The fraction of sp³-hybridized carbons (Fsp3) is 0.400. The molecule has 1 aromatic heterocycles. The molecule has 1 aliphatic rings. The zero-order chi connectivity index (χ0) is 23.9. The van der Waals surface area contributed by atoms with Crippen molar-refractivity contribution in [2.75, 3.05) is 6.54 Å². The number of fused-ring (bicyclic) bond motifs is 1. The molecule has 33 heavy (non-hydrogen) atoms. The van der Waals surface area contributed by atoms with Gasteiger partial charge in [-0.1, -0.05) is 6.07 Å². The lowest BCUT2D eigenvalue weighted by Crippen LogP contribution is -3.14. The molecule has 176 valence electrons. The number of hydrogen-bond acceptors (Lipinski definition) is 4. The van der Waals surface area contributed by atoms with Gasteiger partial charge in [0.25, 0.3) is 5.76 Å². The molecule has 5 nitrogen and oxygen atoms in total. The first-order valence-corrected chi connectivity index (χ1v) is 11.0. The smallest absolute Gasteiger partial charge is 0.453 e. The van der Waals surface area contributed by atoms with E-state index in [-0.39, 0.29) is 40.6 Å². The van der Waals surface area contributed by atoms with Crippen LogP contribution in [0.4, 0.5) is 13.2 Å². The van der Waals surface area contributed by atoms with Crippen molar-refractivity contribution in [3.8, 4) is 17.2 Å². The minimum atomic E-state index is -4.96. The molecule has 8 heteroatoms. The zero-order valence-electron chi connectivity index (χ0n) is 18.8. The van der Waals surface area contributed by atoms with Crippen LogP contribution in [0.3, 0.4) is 0 Å². The van der Waals surface area contributed by atoms with Gasteiger partial charge in [-0.15, -0.1) is 0 Å². The molecule has 1 fully saturated rings. The Bertz CT molecular complexity index is 1230. The standard InChI is InChI=1S/C25H26F3NO4/c1-14-10-15(2)12-17(11-14)32-23-21(31)18-7-8-20(30)19(13-29-9-5-4-6-16(29)3)22(18)33-24(23)25(26,27)28/h7-8,10-12,16,30H,4-6,9,13H2,1-3H3/p+1/t16-/m0/s1. The molecule has 2 heterocycles. The van der Waals surface area contributed by atoms with Gasteiger partial charge in [-0.25, -0.2) is 0 Å². The molecule has 0 radical (unpaired) electrons. The third-order valence-corrected chi connectivity index (χ3v) is 6.26. The van der Waals surface area contributed by atoms with Gasteiger partial charge < -0.3 is 19.2 Å². The lowest BCUT2D eigenvalue weighted by molar-refractivity contribution is -0.941. The minimum Gasteiger partial charge on any atom is -0.507 e. The van der Waals surface area contributed by atoms with Crippen LogP contribution >= 0.6 is 0 Å². The van der Waals surface area contributed by atoms with Gasteiger partial charge in [0.05, 0.1) is 23.5 Å². The number of halogens is 3. The molecule has 1 aliphatic heterocycles. The minimum absolute atomic E-state index is 0.0563. The Labute approximate surface area is 189 Å². The molecule has 0 saturated carbocycles. The van der Waals surface area contributed by atoms with E-state index in [0.717, 1.165) is 41.8 Å². The number of aryl methyl sites for hydroxylation is 2. The fourth-order valence-electron chi connectivity index (χ4n) is 4.59. The average Bonchev–Trinajstić information content (AvgIpc) is 2.71. The molecule has 4 rings (SSSR count). The Morgan fingerprint density at radius 2 is 1.85 bits per heavy atom. The maximum atomic E-state index is 14.0. The molecule has 0 aliphatic carbocycles. The number of phenols is 1. The van der Waals surface area contributed by atoms with Gasteiger partial charge >= 0.3 is 6.18 Å². The van der Waals surface area contributed by atoms with E-state index in [4.69, 9.17) is 9.15 Å². The van der Waals surface area contributed by atoms with Crippen molar-refractivity contribution in [2.45, 2.75) is 58.8 Å². The summed E-state index contributed by atoms with van der Waals surface area (Å²) in [7, 11) is 0. The Hall–Kier alpha value is -3.00. The molecule has 2 N–H and O–H groups in total. The van der Waals surface area contributed by atoms with Crippen LogP contribution < -0.4 is 15.1 Å². The molecule has 0 spiro atoms. The van der Waals surface area contributed by atoms with E-state index in [0.29, 0.717) is 0 Å². The van der Waals surface area contributed by atoms with Crippen molar-refractivity contribution < 1.29 is 32.3 Å². The van der Waals surface area contributed by atoms with Gasteiger partial charge in [0.15, 0.2) is 5.58 Å². The molecule has 1 unspecified atom stereocenters. The van der Waals surface area contributed by atoms with Gasteiger partial charge in [-0.2, -0.15) is 13.2 Å². The van der Waals surface area contributed by atoms with Crippen LogP contribution in [-0.4, -0.2) is 17.7 Å². The average molecular weight is 462 g/mol. The highest BCUT2D eigenvalue weighted by molar-refractivity contribution is 5.83. The molecule has 1 saturated heterocycles. The van der Waals surface area contributed by atoms with Gasteiger partial charge in [0.1, 0.15) is 18.0 Å². The van der Waals surface area contributed by atoms with Crippen LogP contribution in [0.25, 0.3) is 11.0 Å². The van der Waals surface area contributed by atoms with E-state index in [9.17, 15) is 23.1 Å². The Kier molecular flexibility index (Phi) is 6.14. The largest absolute Gasteiger partial charge is 0.507 e. The predicted molar refractivity (Wildman–Crippen MR) is 118 cm³/mol. The second-order valence-electron chi connectivity index (χ2n) is 8.93. The van der Waals surface area contributed by atoms with Crippen molar-refractivity contribution in [1.29, 1.82) is 0 Å². The van der Waals surface area contributed by atoms with Crippen LogP contribution in [0.2, 0.25) is 0 Å². The molecular weight excluding hydrogens is 435 g/mol. The number of aromatic hydroxyl groups is 1. The van der Waals surface area contributed by atoms with Gasteiger partial charge in [0.2, 0.25) is 11.2 Å². The van der Waals surface area contributed by atoms with Crippen molar-refractivity contribution >= 4 is 11.0 Å². The van der Waals surface area contributed by atoms with Crippen LogP contribution in [0.1, 0.15) is 48.6 Å². The second-order valence-corrected chi connectivity index (χ2v) is 8.93. The van der Waals surface area contributed by atoms with Crippen LogP contribution in [0, 0.1) is 13.8 Å². The summed E-state index contributed by atoms with van der Waals surface area (Å²) < 4.78 is 52.8. The Balaban J connectivity index is 1.89. The summed E-state index contributed by atoms with van der Waals surface area (Å²) in [6.07, 6.45) is -1.88. The summed E-state index contributed by atoms with van der Waals surface area (Å²) in [5.41, 5.74) is 0.608. The van der Waals surface area contributed by atoms with Crippen molar-refractivity contribution in [3.05, 3.63) is 63.0 Å². The second kappa shape index (κ2) is 8.74. The summed E-state index contributed by atoms with van der Waals surface area (Å²) in [4.78, 5) is 14.4. The van der Waals surface area contributed by atoms with E-state index in [1.807, 2.05) is 6.07 Å². The third-order valence-electron chi connectivity index (χ3n) is 6.26. The van der Waals surface area contributed by atoms with Gasteiger partial charge in [0, 0.05) is 0 Å². The summed E-state index contributed by atoms with van der Waals surface area (Å²) >= 11 is 0. The Morgan fingerprint density at radius 1 is 1.15 bits per heavy atom. The van der Waals surface area contributed by atoms with Crippen molar-refractivity contribution in [1.82, 2.24) is 0 Å². The molecule has 0 amide bonds. The van der Waals surface area contributed by atoms with Crippen molar-refractivity contribution in [2.24, 2.45) is 0 Å². The number of quaternary nitrogens is 1. The molecule has 3 aromatic rings. The van der Waals surface area contributed by atoms with E-state index in [1.54, 1.807) is 26.0 Å².